The van der Waals surface area contributed by atoms with Crippen molar-refractivity contribution in [2.45, 2.75) is 52.0 Å². The molecule has 0 aromatic rings. The van der Waals surface area contributed by atoms with Gasteiger partial charge in [0.05, 0.1) is 7.11 Å². The monoisotopic (exact) mass is 242 g/mol. The van der Waals surface area contributed by atoms with E-state index in [1.165, 1.54) is 18.5 Å². The van der Waals surface area contributed by atoms with Crippen LogP contribution in [0.4, 0.5) is 4.79 Å². The number of carbonyl (C=O) groups is 2. The molecule has 1 fully saturated rings. The average Bonchev–Trinajstić information content (AvgIpc) is 2.35. The molecule has 0 aromatic heterocycles. The Morgan fingerprint density at radius 2 is 1.82 bits per heavy atom. The molecule has 0 atom stereocenters. The van der Waals surface area contributed by atoms with Crippen LogP contribution in [0.15, 0.2) is 0 Å². The van der Waals surface area contributed by atoms with Gasteiger partial charge >= 0.3 is 6.09 Å². The predicted octanol–water partition coefficient (Wildman–Crippen LogP) is 2.07. The lowest BCUT2D eigenvalue weighted by Gasteiger charge is -2.31. The summed E-state index contributed by atoms with van der Waals surface area (Å²) in [5.74, 6) is 0.0495. The molecule has 98 valence electrons. The third-order valence-electron chi connectivity index (χ3n) is 3.11. The van der Waals surface area contributed by atoms with E-state index in [1.54, 1.807) is 0 Å². The Balaban J connectivity index is 2.62. The van der Waals surface area contributed by atoms with E-state index in [-0.39, 0.29) is 17.9 Å². The molecule has 5 heteroatoms. The second-order valence-corrected chi connectivity index (χ2v) is 4.74. The number of carbonyl (C=O) groups excluding carboxylic acids is 2. The van der Waals surface area contributed by atoms with Gasteiger partial charge in [0.2, 0.25) is 5.91 Å². The van der Waals surface area contributed by atoms with E-state index in [1.807, 2.05) is 13.8 Å². The highest BCUT2D eigenvalue weighted by Gasteiger charge is 2.28. The maximum Gasteiger partial charge on any atom is 0.425 e. The molecule has 0 unspecified atom stereocenters. The number of ether oxygens (including phenoxy) is 1. The van der Waals surface area contributed by atoms with Crippen LogP contribution >= 0.6 is 0 Å². The number of methoxy groups -OCH3 is 1. The van der Waals surface area contributed by atoms with Crippen molar-refractivity contribution in [2.75, 3.05) is 7.11 Å². The Kier molecular flexibility index (Phi) is 5.25. The number of nitrogens with zero attached hydrogens (tertiary/aromatic N) is 1. The van der Waals surface area contributed by atoms with Gasteiger partial charge in [-0.15, -0.1) is 0 Å². The minimum Gasteiger partial charge on any atom is -0.452 e. The Morgan fingerprint density at radius 3 is 2.29 bits per heavy atom. The minimum atomic E-state index is -0.595. The number of hydrogen-bond donors (Lipinski definition) is 1. The maximum atomic E-state index is 12.2. The molecule has 17 heavy (non-hydrogen) atoms. The number of rotatable bonds is 2. The van der Waals surface area contributed by atoms with Gasteiger partial charge in [0.15, 0.2) is 0 Å². The molecular weight excluding hydrogens is 220 g/mol. The highest BCUT2D eigenvalue weighted by atomic mass is 16.5. The van der Waals surface area contributed by atoms with Crippen LogP contribution in [0, 0.1) is 5.92 Å². The fraction of sp³-hybridized carbons (Fsp3) is 0.833. The first kappa shape index (κ1) is 13.8. The van der Waals surface area contributed by atoms with Crippen LogP contribution in [0.25, 0.3) is 0 Å². The van der Waals surface area contributed by atoms with Gasteiger partial charge in [-0.05, 0) is 26.7 Å². The number of nitrogens with one attached hydrogen (secondary N) is 1. The molecule has 1 N–H and O–H groups in total. The van der Waals surface area contributed by atoms with Gasteiger partial charge in [-0.1, -0.05) is 19.3 Å². The molecule has 0 spiro atoms. The highest BCUT2D eigenvalue weighted by Crippen LogP contribution is 2.25. The summed E-state index contributed by atoms with van der Waals surface area (Å²) in [5.41, 5.74) is 2.49. The van der Waals surface area contributed by atoms with E-state index in [4.69, 9.17) is 0 Å². The second-order valence-electron chi connectivity index (χ2n) is 4.74. The van der Waals surface area contributed by atoms with Crippen molar-refractivity contribution in [1.29, 1.82) is 0 Å². The fourth-order valence-electron chi connectivity index (χ4n) is 2.13. The van der Waals surface area contributed by atoms with Crippen molar-refractivity contribution in [3.05, 3.63) is 0 Å². The van der Waals surface area contributed by atoms with E-state index in [2.05, 4.69) is 10.2 Å². The van der Waals surface area contributed by atoms with Gasteiger partial charge in [-0.25, -0.2) is 15.2 Å². The number of hydrogen-bond acceptors (Lipinski definition) is 3. The van der Waals surface area contributed by atoms with Crippen molar-refractivity contribution in [3.63, 3.8) is 0 Å². The van der Waals surface area contributed by atoms with E-state index in [0.29, 0.717) is 0 Å². The van der Waals surface area contributed by atoms with E-state index in [9.17, 15) is 9.59 Å². The topological polar surface area (TPSA) is 58.6 Å². The van der Waals surface area contributed by atoms with Crippen LogP contribution < -0.4 is 5.43 Å². The summed E-state index contributed by atoms with van der Waals surface area (Å²) in [6.45, 7) is 3.74. The first-order chi connectivity index (χ1) is 8.06. The summed E-state index contributed by atoms with van der Waals surface area (Å²) in [7, 11) is 1.29. The summed E-state index contributed by atoms with van der Waals surface area (Å²) < 4.78 is 4.52. The Bertz CT molecular complexity index is 273. The largest absolute Gasteiger partial charge is 0.452 e. The molecule has 0 saturated heterocycles. The predicted molar refractivity (Wildman–Crippen MR) is 64.1 cm³/mol. The molecule has 1 aliphatic carbocycles. The first-order valence-electron chi connectivity index (χ1n) is 6.24. The molecular formula is C12H22N2O3. The van der Waals surface area contributed by atoms with Crippen molar-refractivity contribution in [3.8, 4) is 0 Å². The van der Waals surface area contributed by atoms with Crippen molar-refractivity contribution < 1.29 is 14.3 Å². The van der Waals surface area contributed by atoms with Crippen LogP contribution in [-0.4, -0.2) is 30.2 Å². The van der Waals surface area contributed by atoms with Gasteiger partial charge in [0.1, 0.15) is 0 Å². The second kappa shape index (κ2) is 6.47. The minimum absolute atomic E-state index is 0.00472. The van der Waals surface area contributed by atoms with E-state index in [0.717, 1.165) is 25.7 Å². The molecule has 2 amide bonds. The van der Waals surface area contributed by atoms with Crippen LogP contribution in [0.1, 0.15) is 46.0 Å². The van der Waals surface area contributed by atoms with E-state index < -0.39 is 6.09 Å². The summed E-state index contributed by atoms with van der Waals surface area (Å²) in [4.78, 5) is 23.4. The summed E-state index contributed by atoms with van der Waals surface area (Å²) in [6.07, 6.45) is 4.65. The van der Waals surface area contributed by atoms with Gasteiger partial charge in [0.25, 0.3) is 0 Å². The Labute approximate surface area is 102 Å². The molecule has 1 saturated carbocycles. The molecule has 5 nitrogen and oxygen atoms in total. The lowest BCUT2D eigenvalue weighted by atomic mass is 9.88. The molecule has 0 aromatic carbocycles. The van der Waals surface area contributed by atoms with Gasteiger partial charge in [-0.2, -0.15) is 0 Å². The van der Waals surface area contributed by atoms with E-state index >= 15 is 0 Å². The average molecular weight is 242 g/mol. The maximum absolute atomic E-state index is 12.2. The zero-order chi connectivity index (χ0) is 12.8. The molecule has 0 aliphatic heterocycles. The Hall–Kier alpha value is -1.26. The number of amides is 2. The quantitative estimate of drug-likeness (QED) is 0.754. The highest BCUT2D eigenvalue weighted by molar-refractivity contribution is 5.81. The van der Waals surface area contributed by atoms with Crippen molar-refractivity contribution >= 4 is 12.0 Å². The van der Waals surface area contributed by atoms with Gasteiger partial charge < -0.3 is 4.74 Å². The Morgan fingerprint density at radius 1 is 1.24 bits per heavy atom. The molecule has 1 rings (SSSR count). The lowest BCUT2D eigenvalue weighted by molar-refractivity contribution is -0.141. The first-order valence-corrected chi connectivity index (χ1v) is 6.24. The smallest absolute Gasteiger partial charge is 0.425 e. The third kappa shape index (κ3) is 3.91. The van der Waals surface area contributed by atoms with Crippen LogP contribution in [0.3, 0.4) is 0 Å². The standard InChI is InChI=1S/C12H22N2O3/c1-9(2)14(13-12(16)17-3)11(15)10-7-5-4-6-8-10/h9-10H,4-8H2,1-3H3,(H,13,16). The third-order valence-corrected chi connectivity index (χ3v) is 3.11. The van der Waals surface area contributed by atoms with Crippen LogP contribution in [0.2, 0.25) is 0 Å². The molecule has 1 aliphatic rings. The molecule has 0 radical (unpaired) electrons. The summed E-state index contributed by atoms with van der Waals surface area (Å²) in [5, 5.41) is 1.39. The van der Waals surface area contributed by atoms with Crippen LogP contribution in [-0.2, 0) is 9.53 Å². The van der Waals surface area contributed by atoms with Gasteiger partial charge in [-0.3, -0.25) is 4.79 Å². The molecule has 0 bridgehead atoms. The van der Waals surface area contributed by atoms with Gasteiger partial charge in [0, 0.05) is 12.0 Å². The summed E-state index contributed by atoms with van der Waals surface area (Å²) in [6, 6.07) is -0.0662. The van der Waals surface area contributed by atoms with Crippen LogP contribution in [0.5, 0.6) is 0 Å². The fourth-order valence-corrected chi connectivity index (χ4v) is 2.13. The SMILES string of the molecule is COC(=O)NN(C(=O)C1CCCCC1)C(C)C. The number of hydrazine groups is 1. The summed E-state index contributed by atoms with van der Waals surface area (Å²) >= 11 is 0. The zero-order valence-corrected chi connectivity index (χ0v) is 10.9. The lowest BCUT2D eigenvalue weighted by Crippen LogP contribution is -2.52. The van der Waals surface area contributed by atoms with Crippen molar-refractivity contribution in [2.24, 2.45) is 5.92 Å². The normalized spacial score (nSPS) is 16.7. The molecule has 0 heterocycles. The van der Waals surface area contributed by atoms with Crippen molar-refractivity contribution in [1.82, 2.24) is 10.4 Å². The zero-order valence-electron chi connectivity index (χ0n) is 10.9.